The van der Waals surface area contributed by atoms with Gasteiger partial charge < -0.3 is 9.47 Å². The van der Waals surface area contributed by atoms with Gasteiger partial charge >= 0.3 is 0 Å². The first kappa shape index (κ1) is 21.5. The van der Waals surface area contributed by atoms with Crippen LogP contribution in [-0.4, -0.2) is 6.61 Å². The fraction of sp³-hybridized carbons (Fsp3) is 0.125. The second kappa shape index (κ2) is 10.0. The van der Waals surface area contributed by atoms with Crippen LogP contribution in [0.1, 0.15) is 23.6 Å². The number of rotatable bonds is 7. The van der Waals surface area contributed by atoms with Crippen molar-refractivity contribution in [3.05, 3.63) is 93.5 Å². The fourth-order valence-corrected chi connectivity index (χ4v) is 3.40. The van der Waals surface area contributed by atoms with Gasteiger partial charge in [0, 0.05) is 5.56 Å². The van der Waals surface area contributed by atoms with Crippen LogP contribution >= 0.6 is 15.9 Å². The molecule has 0 spiro atoms. The molecule has 0 saturated heterocycles. The Morgan fingerprint density at radius 2 is 1.80 bits per heavy atom. The number of allylic oxidation sites excluding steroid dienone is 1. The van der Waals surface area contributed by atoms with Crippen LogP contribution in [0.3, 0.4) is 0 Å². The van der Waals surface area contributed by atoms with E-state index in [1.54, 1.807) is 48.5 Å². The van der Waals surface area contributed by atoms with E-state index in [1.807, 2.05) is 13.0 Å². The molecule has 0 heterocycles. The topological polar surface area (TPSA) is 42.2 Å². The zero-order chi connectivity index (χ0) is 21.5. The molecule has 3 aromatic carbocycles. The van der Waals surface area contributed by atoms with Gasteiger partial charge in [-0.05, 0) is 70.4 Å². The Kier molecular flexibility index (Phi) is 7.21. The summed E-state index contributed by atoms with van der Waals surface area (Å²) in [5, 5.41) is 9.51. The number of benzene rings is 3. The van der Waals surface area contributed by atoms with E-state index in [0.717, 1.165) is 5.56 Å². The highest BCUT2D eigenvalue weighted by Crippen LogP contribution is 2.38. The number of hydrogen-bond donors (Lipinski definition) is 0. The third-order valence-electron chi connectivity index (χ3n) is 4.22. The van der Waals surface area contributed by atoms with Crippen molar-refractivity contribution in [2.75, 3.05) is 6.61 Å². The van der Waals surface area contributed by atoms with Crippen LogP contribution in [-0.2, 0) is 6.61 Å². The monoisotopic (exact) mass is 469 g/mol. The first-order chi connectivity index (χ1) is 14.5. The molecule has 3 aromatic rings. The van der Waals surface area contributed by atoms with E-state index in [4.69, 9.17) is 9.47 Å². The van der Waals surface area contributed by atoms with Gasteiger partial charge in [0.05, 0.1) is 22.7 Å². The molecule has 0 bridgehead atoms. The van der Waals surface area contributed by atoms with E-state index < -0.39 is 5.82 Å². The minimum Gasteiger partial charge on any atom is -0.490 e. The maximum absolute atomic E-state index is 14.1. The van der Waals surface area contributed by atoms with Gasteiger partial charge in [0.15, 0.2) is 11.5 Å². The number of nitriles is 1. The second-order valence-electron chi connectivity index (χ2n) is 6.33. The lowest BCUT2D eigenvalue weighted by atomic mass is 10.0. The van der Waals surface area contributed by atoms with Crippen molar-refractivity contribution < 1.29 is 18.3 Å². The normalized spacial score (nSPS) is 11.1. The van der Waals surface area contributed by atoms with Gasteiger partial charge in [-0.3, -0.25) is 0 Å². The van der Waals surface area contributed by atoms with E-state index in [9.17, 15) is 14.0 Å². The molecule has 0 fully saturated rings. The third-order valence-corrected chi connectivity index (χ3v) is 4.81. The average Bonchev–Trinajstić information content (AvgIpc) is 2.73. The Morgan fingerprint density at radius 3 is 2.47 bits per heavy atom. The highest BCUT2D eigenvalue weighted by molar-refractivity contribution is 9.10. The molecule has 0 aliphatic carbocycles. The van der Waals surface area contributed by atoms with Crippen molar-refractivity contribution in [3.8, 4) is 17.6 Å². The largest absolute Gasteiger partial charge is 0.490 e. The summed E-state index contributed by atoms with van der Waals surface area (Å²) >= 11 is 3.48. The van der Waals surface area contributed by atoms with Crippen LogP contribution in [0.5, 0.6) is 11.5 Å². The molecule has 0 N–H and O–H groups in total. The summed E-state index contributed by atoms with van der Waals surface area (Å²) < 4.78 is 39.4. The Hall–Kier alpha value is -3.17. The van der Waals surface area contributed by atoms with Crippen molar-refractivity contribution >= 4 is 27.6 Å². The van der Waals surface area contributed by atoms with Crippen molar-refractivity contribution in [1.82, 2.24) is 0 Å². The lowest BCUT2D eigenvalue weighted by Crippen LogP contribution is -2.01. The van der Waals surface area contributed by atoms with Gasteiger partial charge in [-0.1, -0.05) is 30.3 Å². The molecule has 0 atom stereocenters. The van der Waals surface area contributed by atoms with Crippen LogP contribution in [0, 0.1) is 23.0 Å². The maximum atomic E-state index is 14.1. The van der Waals surface area contributed by atoms with Crippen molar-refractivity contribution in [2.45, 2.75) is 13.5 Å². The van der Waals surface area contributed by atoms with Crippen LogP contribution in [0.4, 0.5) is 8.78 Å². The van der Waals surface area contributed by atoms with Crippen molar-refractivity contribution in [3.63, 3.8) is 0 Å². The summed E-state index contributed by atoms with van der Waals surface area (Å²) in [6.45, 7) is 2.48. The smallest absolute Gasteiger partial charge is 0.175 e. The van der Waals surface area contributed by atoms with Gasteiger partial charge in [0.2, 0.25) is 0 Å². The second-order valence-corrected chi connectivity index (χ2v) is 7.18. The first-order valence-corrected chi connectivity index (χ1v) is 10.0. The molecule has 0 saturated carbocycles. The van der Waals surface area contributed by atoms with Crippen molar-refractivity contribution in [1.29, 1.82) is 5.26 Å². The molecule has 0 aromatic heterocycles. The molecule has 3 rings (SSSR count). The predicted molar refractivity (Wildman–Crippen MR) is 116 cm³/mol. The number of nitrogens with zero attached hydrogens (tertiary/aromatic N) is 1. The SMILES string of the molecule is CCOc1cc(C=C(C#N)c2ccccc2F)cc(Br)c1OCc1ccc(F)cc1. The summed E-state index contributed by atoms with van der Waals surface area (Å²) in [4.78, 5) is 0. The van der Waals surface area contributed by atoms with Crippen LogP contribution in [0.15, 0.2) is 65.1 Å². The summed E-state index contributed by atoms with van der Waals surface area (Å²) in [5.74, 6) is 0.191. The molecule has 152 valence electrons. The molecular weight excluding hydrogens is 452 g/mol. The molecular formula is C24H18BrF2NO2. The highest BCUT2D eigenvalue weighted by Gasteiger charge is 2.14. The molecule has 0 aliphatic heterocycles. The molecule has 0 unspecified atom stereocenters. The third kappa shape index (κ3) is 5.25. The molecule has 3 nitrogen and oxygen atoms in total. The first-order valence-electron chi connectivity index (χ1n) is 9.22. The minimum absolute atomic E-state index is 0.197. The summed E-state index contributed by atoms with van der Waals surface area (Å²) in [5.41, 5.74) is 1.88. The lowest BCUT2D eigenvalue weighted by molar-refractivity contribution is 0.267. The van der Waals surface area contributed by atoms with E-state index in [2.05, 4.69) is 15.9 Å². The van der Waals surface area contributed by atoms with Crippen LogP contribution in [0.25, 0.3) is 11.6 Å². The molecule has 0 aliphatic rings. The summed E-state index contributed by atoms with van der Waals surface area (Å²) in [6.07, 6.45) is 1.59. The van der Waals surface area contributed by atoms with Crippen LogP contribution < -0.4 is 9.47 Å². The van der Waals surface area contributed by atoms with E-state index in [0.29, 0.717) is 28.1 Å². The Bertz CT molecular complexity index is 1110. The number of ether oxygens (including phenoxy) is 2. The summed E-state index contributed by atoms with van der Waals surface area (Å²) in [6, 6.07) is 17.7. The van der Waals surface area contributed by atoms with Gasteiger partial charge in [-0.15, -0.1) is 0 Å². The Morgan fingerprint density at radius 1 is 1.07 bits per heavy atom. The fourth-order valence-electron chi connectivity index (χ4n) is 2.83. The lowest BCUT2D eigenvalue weighted by Gasteiger charge is -2.15. The highest BCUT2D eigenvalue weighted by atomic mass is 79.9. The van der Waals surface area contributed by atoms with Gasteiger partial charge in [0.1, 0.15) is 18.2 Å². The molecule has 30 heavy (non-hydrogen) atoms. The van der Waals surface area contributed by atoms with Gasteiger partial charge in [0.25, 0.3) is 0 Å². The number of hydrogen-bond acceptors (Lipinski definition) is 3. The summed E-state index contributed by atoms with van der Waals surface area (Å²) in [7, 11) is 0. The predicted octanol–water partition coefficient (Wildman–Crippen LogP) is 6.77. The van der Waals surface area contributed by atoms with E-state index >= 15 is 0 Å². The van der Waals surface area contributed by atoms with Crippen molar-refractivity contribution in [2.24, 2.45) is 0 Å². The van der Waals surface area contributed by atoms with Gasteiger partial charge in [-0.2, -0.15) is 5.26 Å². The van der Waals surface area contributed by atoms with Gasteiger partial charge in [-0.25, -0.2) is 8.78 Å². The molecule has 0 amide bonds. The maximum Gasteiger partial charge on any atom is 0.175 e. The number of halogens is 3. The molecule has 6 heteroatoms. The molecule has 0 radical (unpaired) electrons. The minimum atomic E-state index is -0.464. The van der Waals surface area contributed by atoms with Crippen LogP contribution in [0.2, 0.25) is 0 Å². The Labute approximate surface area is 182 Å². The zero-order valence-electron chi connectivity index (χ0n) is 16.2. The average molecular weight is 470 g/mol. The standard InChI is InChI=1S/C24H18BrF2NO2/c1-2-29-23-13-17(11-18(14-28)20-5-3-4-6-22(20)27)12-21(25)24(23)30-15-16-7-9-19(26)10-8-16/h3-13H,2,15H2,1H3. The zero-order valence-corrected chi connectivity index (χ0v) is 17.7. The van der Waals surface area contributed by atoms with E-state index in [-0.39, 0.29) is 23.6 Å². The van der Waals surface area contributed by atoms with E-state index in [1.165, 1.54) is 18.2 Å². The Balaban J connectivity index is 1.93. The quantitative estimate of drug-likeness (QED) is 0.283.